The van der Waals surface area contributed by atoms with Crippen molar-refractivity contribution in [2.75, 3.05) is 7.11 Å². The summed E-state index contributed by atoms with van der Waals surface area (Å²) in [5.41, 5.74) is 2.19. The largest absolute Gasteiger partial charge is 0.497 e. The minimum Gasteiger partial charge on any atom is -0.497 e. The molecule has 0 unspecified atom stereocenters. The van der Waals surface area contributed by atoms with Gasteiger partial charge in [0.25, 0.3) is 5.56 Å². The summed E-state index contributed by atoms with van der Waals surface area (Å²) in [7, 11) is 1.62. The van der Waals surface area contributed by atoms with Crippen LogP contribution in [0.3, 0.4) is 0 Å². The topological polar surface area (TPSA) is 44.1 Å². The van der Waals surface area contributed by atoms with Gasteiger partial charge in [-0.2, -0.15) is 0 Å². The molecule has 0 bridgehead atoms. The van der Waals surface area contributed by atoms with Crippen LogP contribution in [0.1, 0.15) is 0 Å². The third-order valence-electron chi connectivity index (χ3n) is 4.21. The van der Waals surface area contributed by atoms with Gasteiger partial charge in [0.2, 0.25) is 0 Å². The zero-order chi connectivity index (χ0) is 18.1. The van der Waals surface area contributed by atoms with Crippen molar-refractivity contribution < 1.29 is 4.74 Å². The average molecular weight is 407 g/mol. The second kappa shape index (κ2) is 6.77. The fraction of sp³-hybridized carbons (Fsp3) is 0.0476. The molecule has 3 aromatic carbocycles. The Morgan fingerprint density at radius 3 is 2.31 bits per heavy atom. The van der Waals surface area contributed by atoms with Gasteiger partial charge >= 0.3 is 0 Å². The maximum absolute atomic E-state index is 13.2. The number of rotatable bonds is 3. The minimum atomic E-state index is -0.0984. The lowest BCUT2D eigenvalue weighted by atomic mass is 10.1. The molecule has 0 aliphatic carbocycles. The number of benzene rings is 3. The first-order valence-corrected chi connectivity index (χ1v) is 8.89. The zero-order valence-electron chi connectivity index (χ0n) is 14.0. The fourth-order valence-electron chi connectivity index (χ4n) is 2.90. The van der Waals surface area contributed by atoms with Crippen molar-refractivity contribution in [2.24, 2.45) is 0 Å². The number of halogens is 1. The summed E-state index contributed by atoms with van der Waals surface area (Å²) >= 11 is 3.45. The Morgan fingerprint density at radius 1 is 0.923 bits per heavy atom. The van der Waals surface area contributed by atoms with Crippen LogP contribution in [-0.2, 0) is 0 Å². The molecule has 0 amide bonds. The van der Waals surface area contributed by atoms with Crippen molar-refractivity contribution in [1.29, 1.82) is 0 Å². The first-order chi connectivity index (χ1) is 12.7. The number of hydrogen-bond donors (Lipinski definition) is 0. The van der Waals surface area contributed by atoms with E-state index in [1.54, 1.807) is 17.7 Å². The molecule has 4 aromatic rings. The van der Waals surface area contributed by atoms with Crippen molar-refractivity contribution in [3.8, 4) is 22.8 Å². The van der Waals surface area contributed by atoms with Crippen molar-refractivity contribution >= 4 is 26.8 Å². The van der Waals surface area contributed by atoms with E-state index in [9.17, 15) is 4.79 Å². The van der Waals surface area contributed by atoms with E-state index in [0.29, 0.717) is 16.7 Å². The summed E-state index contributed by atoms with van der Waals surface area (Å²) < 4.78 is 7.84. The summed E-state index contributed by atoms with van der Waals surface area (Å²) in [4.78, 5) is 18.0. The molecule has 1 aromatic heterocycles. The number of methoxy groups -OCH3 is 1. The van der Waals surface area contributed by atoms with Gasteiger partial charge < -0.3 is 4.74 Å². The molecule has 0 atom stereocenters. The second-order valence-electron chi connectivity index (χ2n) is 5.80. The molecule has 0 N–H and O–H groups in total. The predicted octanol–water partition coefficient (Wildman–Crippen LogP) is 4.82. The van der Waals surface area contributed by atoms with E-state index in [1.807, 2.05) is 66.7 Å². The highest BCUT2D eigenvalue weighted by Gasteiger charge is 2.14. The molecule has 0 radical (unpaired) electrons. The molecule has 1 heterocycles. The molecule has 26 heavy (non-hydrogen) atoms. The van der Waals surface area contributed by atoms with Gasteiger partial charge in [-0.05, 0) is 48.5 Å². The van der Waals surface area contributed by atoms with Crippen LogP contribution in [0.25, 0.3) is 28.0 Å². The lowest BCUT2D eigenvalue weighted by Gasteiger charge is -2.14. The quantitative estimate of drug-likeness (QED) is 0.489. The Bertz CT molecular complexity index is 1130. The van der Waals surface area contributed by atoms with Crippen LogP contribution in [-0.4, -0.2) is 16.7 Å². The van der Waals surface area contributed by atoms with Crippen molar-refractivity contribution in [2.45, 2.75) is 0 Å². The van der Waals surface area contributed by atoms with E-state index < -0.39 is 0 Å². The SMILES string of the molecule is COc1ccc(-n2c(-c3ccc(Br)cc3)nc3ccccc3c2=O)cc1. The van der Waals surface area contributed by atoms with Crippen molar-refractivity contribution in [1.82, 2.24) is 9.55 Å². The minimum absolute atomic E-state index is 0.0984. The van der Waals surface area contributed by atoms with Crippen LogP contribution in [0.15, 0.2) is 82.1 Å². The summed E-state index contributed by atoms with van der Waals surface area (Å²) in [5, 5.41) is 0.587. The molecule has 0 fully saturated rings. The van der Waals surface area contributed by atoms with Crippen molar-refractivity contribution in [3.05, 3.63) is 87.6 Å². The summed E-state index contributed by atoms with van der Waals surface area (Å²) in [6, 6.07) is 22.6. The maximum atomic E-state index is 13.2. The highest BCUT2D eigenvalue weighted by atomic mass is 79.9. The van der Waals surface area contributed by atoms with Crippen LogP contribution < -0.4 is 10.3 Å². The van der Waals surface area contributed by atoms with Crippen LogP contribution in [0, 0.1) is 0 Å². The number of nitrogens with zero attached hydrogens (tertiary/aromatic N) is 2. The Morgan fingerprint density at radius 2 is 1.62 bits per heavy atom. The van der Waals surface area contributed by atoms with E-state index in [1.165, 1.54) is 0 Å². The van der Waals surface area contributed by atoms with Gasteiger partial charge in [0.05, 0.1) is 23.7 Å². The van der Waals surface area contributed by atoms with E-state index in [2.05, 4.69) is 15.9 Å². The Hall–Kier alpha value is -2.92. The number of ether oxygens (including phenoxy) is 1. The fourth-order valence-corrected chi connectivity index (χ4v) is 3.16. The Balaban J connectivity index is 2.04. The molecule has 128 valence electrons. The standard InChI is InChI=1S/C21H15BrN2O2/c1-26-17-12-10-16(11-13-17)24-20(14-6-8-15(22)9-7-14)23-19-5-3-2-4-18(19)21(24)25/h2-13H,1H3. The smallest absolute Gasteiger partial charge is 0.266 e. The molecule has 0 saturated carbocycles. The van der Waals surface area contributed by atoms with Gasteiger partial charge in [-0.1, -0.05) is 40.2 Å². The monoisotopic (exact) mass is 406 g/mol. The van der Waals surface area contributed by atoms with Crippen molar-refractivity contribution in [3.63, 3.8) is 0 Å². The molecule has 0 aliphatic heterocycles. The molecule has 5 heteroatoms. The molecule has 0 aliphatic rings. The number of fused-ring (bicyclic) bond motifs is 1. The lowest BCUT2D eigenvalue weighted by molar-refractivity contribution is 0.414. The third kappa shape index (κ3) is 2.91. The lowest BCUT2D eigenvalue weighted by Crippen LogP contribution is -2.21. The molecule has 4 nitrogen and oxygen atoms in total. The molecule has 0 spiro atoms. The average Bonchev–Trinajstić information content (AvgIpc) is 2.69. The maximum Gasteiger partial charge on any atom is 0.266 e. The van der Waals surface area contributed by atoms with Gasteiger partial charge in [0, 0.05) is 10.0 Å². The Kier molecular flexibility index (Phi) is 4.31. The molecular weight excluding hydrogens is 392 g/mol. The normalized spacial score (nSPS) is 10.8. The van der Waals surface area contributed by atoms with Gasteiger partial charge in [-0.15, -0.1) is 0 Å². The summed E-state index contributed by atoms with van der Waals surface area (Å²) in [6.45, 7) is 0. The highest BCUT2D eigenvalue weighted by molar-refractivity contribution is 9.10. The predicted molar refractivity (Wildman–Crippen MR) is 107 cm³/mol. The van der Waals surface area contributed by atoms with Gasteiger partial charge in [-0.3, -0.25) is 9.36 Å². The molecule has 0 saturated heterocycles. The third-order valence-corrected chi connectivity index (χ3v) is 4.74. The zero-order valence-corrected chi connectivity index (χ0v) is 15.6. The van der Waals surface area contributed by atoms with Crippen LogP contribution in [0.4, 0.5) is 0 Å². The first kappa shape index (κ1) is 16.5. The van der Waals surface area contributed by atoms with E-state index >= 15 is 0 Å². The van der Waals surface area contributed by atoms with E-state index in [0.717, 1.165) is 21.5 Å². The number of aromatic nitrogens is 2. The molecular formula is C21H15BrN2O2. The van der Waals surface area contributed by atoms with Crippen LogP contribution in [0.5, 0.6) is 5.75 Å². The van der Waals surface area contributed by atoms with E-state index in [-0.39, 0.29) is 5.56 Å². The van der Waals surface area contributed by atoms with Crippen LogP contribution in [0.2, 0.25) is 0 Å². The molecule has 4 rings (SSSR count). The highest BCUT2D eigenvalue weighted by Crippen LogP contribution is 2.24. The number of hydrogen-bond acceptors (Lipinski definition) is 3. The van der Waals surface area contributed by atoms with Gasteiger partial charge in [0.1, 0.15) is 11.6 Å². The van der Waals surface area contributed by atoms with Gasteiger partial charge in [0.15, 0.2) is 0 Å². The first-order valence-electron chi connectivity index (χ1n) is 8.09. The summed E-state index contributed by atoms with van der Waals surface area (Å²) in [6.07, 6.45) is 0. The summed E-state index contributed by atoms with van der Waals surface area (Å²) in [5.74, 6) is 1.34. The van der Waals surface area contributed by atoms with E-state index in [4.69, 9.17) is 9.72 Å². The second-order valence-corrected chi connectivity index (χ2v) is 6.71. The Labute approximate surface area is 158 Å². The number of para-hydroxylation sites is 1. The van der Waals surface area contributed by atoms with Gasteiger partial charge in [-0.25, -0.2) is 4.98 Å². The van der Waals surface area contributed by atoms with Crippen LogP contribution >= 0.6 is 15.9 Å².